The summed E-state index contributed by atoms with van der Waals surface area (Å²) in [6.45, 7) is 0. The number of hydrogen-bond donors (Lipinski definition) is 0. The van der Waals surface area contributed by atoms with Crippen LogP contribution >= 0.6 is 0 Å². The van der Waals surface area contributed by atoms with Gasteiger partial charge in [-0.05, 0) is 36.9 Å². The van der Waals surface area contributed by atoms with Gasteiger partial charge in [0.1, 0.15) is 0 Å². The Balaban J connectivity index is -0.0000000125. The van der Waals surface area contributed by atoms with E-state index in [0.717, 1.165) is 0 Å². The molecule has 0 aliphatic rings. The quantitative estimate of drug-likeness (QED) is 0.207. The molecule has 0 aliphatic carbocycles. The molecular formula is C6O18Zn6. The van der Waals surface area contributed by atoms with Gasteiger partial charge in [-0.1, -0.05) is 0 Å². The molecule has 0 atom stereocenters. The Morgan fingerprint density at radius 1 is 0.233 bits per heavy atom. The van der Waals surface area contributed by atoms with Gasteiger partial charge in [0.05, 0.1) is 0 Å². The van der Waals surface area contributed by atoms with Crippen LogP contribution in [0.4, 0.5) is 28.8 Å². The van der Waals surface area contributed by atoms with Gasteiger partial charge in [-0.25, -0.2) is 0 Å². The fourth-order valence-electron chi connectivity index (χ4n) is 0. The van der Waals surface area contributed by atoms with E-state index in [1.165, 1.54) is 0 Å². The third-order valence-electron chi connectivity index (χ3n) is 0. The molecule has 0 rings (SSSR count). The third-order valence-corrected chi connectivity index (χ3v) is 0. The van der Waals surface area contributed by atoms with Gasteiger partial charge in [0.25, 0.3) is 0 Å². The van der Waals surface area contributed by atoms with Crippen LogP contribution in [0.15, 0.2) is 0 Å². The van der Waals surface area contributed by atoms with Gasteiger partial charge in [-0.15, -0.1) is 0 Å². The largest absolute Gasteiger partial charge is 2.00 e. The fourth-order valence-corrected chi connectivity index (χ4v) is 0. The molecule has 30 heavy (non-hydrogen) atoms. The molecule has 144 valence electrons. The van der Waals surface area contributed by atoms with Crippen LogP contribution in [-0.2, 0) is 117 Å². The number of carbonyl (C=O) groups excluding carboxylic acids is 6. The standard InChI is InChI=1S/6CH2O3.6Zn/c6*2-1(3)4;;;;;;/h6*(H2,2,3,4);;;;;;/q;;;;;;6*+2/p-12. The van der Waals surface area contributed by atoms with Crippen molar-refractivity contribution >= 4 is 36.9 Å². The van der Waals surface area contributed by atoms with E-state index in [-0.39, 0.29) is 117 Å². The minimum Gasteiger partial charge on any atom is -0.652 e. The van der Waals surface area contributed by atoms with Gasteiger partial charge in [0.15, 0.2) is 0 Å². The summed E-state index contributed by atoms with van der Waals surface area (Å²) < 4.78 is 0. The second-order valence-corrected chi connectivity index (χ2v) is 1.50. The molecule has 0 spiro atoms. The van der Waals surface area contributed by atoms with E-state index in [1.807, 2.05) is 0 Å². The van der Waals surface area contributed by atoms with Crippen molar-refractivity contribution in [3.8, 4) is 0 Å². The Labute approximate surface area is 241 Å². The Hall–Kier alpha value is -0.640. The molecule has 0 aromatic carbocycles. The zero-order chi connectivity index (χ0) is 21.5. The average Bonchev–Trinajstić information content (AvgIpc) is 2.08. The maximum Gasteiger partial charge on any atom is 2.00 e. The molecule has 0 unspecified atom stereocenters. The van der Waals surface area contributed by atoms with Crippen LogP contribution in [0.25, 0.3) is 0 Å². The van der Waals surface area contributed by atoms with Crippen molar-refractivity contribution < 1.29 is 207 Å². The van der Waals surface area contributed by atoms with Crippen LogP contribution in [0.2, 0.25) is 0 Å². The van der Waals surface area contributed by atoms with Crippen molar-refractivity contribution in [2.24, 2.45) is 0 Å². The summed E-state index contributed by atoms with van der Waals surface area (Å²) in [4.78, 5) is 50.0. The Kier molecular flexibility index (Phi) is 184. The van der Waals surface area contributed by atoms with Crippen molar-refractivity contribution in [2.45, 2.75) is 0 Å². The van der Waals surface area contributed by atoms with E-state index in [4.69, 9.17) is 90.0 Å². The molecule has 18 nitrogen and oxygen atoms in total. The summed E-state index contributed by atoms with van der Waals surface area (Å²) >= 11 is 0. The molecular weight excluding hydrogens is 752 g/mol. The smallest absolute Gasteiger partial charge is 0.652 e. The Morgan fingerprint density at radius 3 is 0.233 bits per heavy atom. The number of rotatable bonds is 0. The van der Waals surface area contributed by atoms with Crippen LogP contribution in [-0.4, -0.2) is 36.9 Å². The topological polar surface area (TPSA) is 379 Å². The molecule has 0 saturated heterocycles. The van der Waals surface area contributed by atoms with E-state index < -0.39 is 36.9 Å². The molecule has 0 bridgehead atoms. The van der Waals surface area contributed by atoms with E-state index >= 15 is 0 Å². The van der Waals surface area contributed by atoms with Crippen LogP contribution in [0.3, 0.4) is 0 Å². The second kappa shape index (κ2) is 70.4. The maximum atomic E-state index is 8.33. The predicted octanol–water partition coefficient (Wildman–Crippen LogP) is -14.7. The fraction of sp³-hybridized carbons (Fsp3) is 0. The SMILES string of the molecule is O=C([O-])[O-].O=C([O-])[O-].O=C([O-])[O-].O=C([O-])[O-].O=C([O-])[O-].O=C([O-])[O-].[Zn+2].[Zn+2].[Zn+2].[Zn+2].[Zn+2].[Zn+2]. The van der Waals surface area contributed by atoms with Crippen molar-refractivity contribution in [3.05, 3.63) is 0 Å². The maximum absolute atomic E-state index is 8.33. The van der Waals surface area contributed by atoms with Crippen molar-refractivity contribution in [1.82, 2.24) is 0 Å². The van der Waals surface area contributed by atoms with E-state index in [9.17, 15) is 0 Å². The molecule has 0 fully saturated rings. The monoisotopic (exact) mass is 743 g/mol. The first-order valence-electron chi connectivity index (χ1n) is 3.67. The molecule has 0 aromatic rings. The first-order valence-corrected chi connectivity index (χ1v) is 3.67. The molecule has 0 radical (unpaired) electrons. The van der Waals surface area contributed by atoms with Crippen molar-refractivity contribution in [2.75, 3.05) is 0 Å². The summed E-state index contributed by atoms with van der Waals surface area (Å²) in [5, 5.41) is 100. The number of hydrogen-bond acceptors (Lipinski definition) is 18. The van der Waals surface area contributed by atoms with Gasteiger partial charge in [-0.2, -0.15) is 0 Å². The first-order chi connectivity index (χ1) is 10.4. The molecule has 0 heterocycles. The summed E-state index contributed by atoms with van der Waals surface area (Å²) in [6, 6.07) is 0. The van der Waals surface area contributed by atoms with Gasteiger partial charge in [-0.3, -0.25) is 0 Å². The van der Waals surface area contributed by atoms with E-state index in [2.05, 4.69) is 0 Å². The Morgan fingerprint density at radius 2 is 0.233 bits per heavy atom. The molecule has 0 amide bonds. The van der Waals surface area contributed by atoms with Gasteiger partial charge in [0, 0.05) is 0 Å². The summed E-state index contributed by atoms with van der Waals surface area (Å²) in [5.74, 6) is 0. The summed E-state index contributed by atoms with van der Waals surface area (Å²) in [7, 11) is 0. The van der Waals surface area contributed by atoms with Crippen LogP contribution in [0.1, 0.15) is 0 Å². The molecule has 0 aromatic heterocycles. The van der Waals surface area contributed by atoms with Crippen LogP contribution in [0, 0.1) is 0 Å². The molecule has 0 saturated carbocycles. The van der Waals surface area contributed by atoms with Gasteiger partial charge >= 0.3 is 117 Å². The van der Waals surface area contributed by atoms with E-state index in [0.29, 0.717) is 0 Å². The Bertz CT molecular complexity index is 272. The first kappa shape index (κ1) is 78.4. The van der Waals surface area contributed by atoms with Crippen LogP contribution in [0.5, 0.6) is 0 Å². The zero-order valence-electron chi connectivity index (χ0n) is 14.6. The van der Waals surface area contributed by atoms with Crippen molar-refractivity contribution in [1.29, 1.82) is 0 Å². The van der Waals surface area contributed by atoms with Crippen molar-refractivity contribution in [3.63, 3.8) is 0 Å². The number of carboxylic acid groups (broad SMARTS) is 12. The predicted molar refractivity (Wildman–Crippen MR) is 32.4 cm³/mol. The minimum atomic E-state index is -2.33. The molecule has 0 N–H and O–H groups in total. The van der Waals surface area contributed by atoms with Gasteiger partial charge in [0.2, 0.25) is 0 Å². The minimum absolute atomic E-state index is 0. The average molecular weight is 752 g/mol. The number of carbonyl (C=O) groups is 6. The third kappa shape index (κ3) is 46500. The normalized spacial score (nSPS) is 4.80. The van der Waals surface area contributed by atoms with Crippen LogP contribution < -0.4 is 61.3 Å². The summed E-state index contributed by atoms with van der Waals surface area (Å²) in [5.41, 5.74) is 0. The molecule has 24 heteroatoms. The zero-order valence-corrected chi connectivity index (χ0v) is 32.4. The molecule has 0 aliphatic heterocycles. The van der Waals surface area contributed by atoms with E-state index in [1.54, 1.807) is 0 Å². The second-order valence-electron chi connectivity index (χ2n) is 1.50. The summed E-state index contributed by atoms with van der Waals surface area (Å²) in [6.07, 6.45) is -14.0. The van der Waals surface area contributed by atoms with Gasteiger partial charge < -0.3 is 90.0 Å².